The Morgan fingerprint density at radius 1 is 1.25 bits per heavy atom. The van der Waals surface area contributed by atoms with Crippen molar-refractivity contribution in [2.75, 3.05) is 31.5 Å². The maximum absolute atomic E-state index is 11.6. The molecule has 2 N–H and O–H groups in total. The average Bonchev–Trinajstić information content (AvgIpc) is 2.94. The minimum Gasteiger partial charge on any atom is -0.325 e. The summed E-state index contributed by atoms with van der Waals surface area (Å²) in [6.07, 6.45) is 4.36. The Bertz CT molecular complexity index is 436. The fraction of sp³-hybridized carbons (Fsp3) is 0.438. The third-order valence-electron chi connectivity index (χ3n) is 3.42. The molecule has 2 rings (SSSR count). The first kappa shape index (κ1) is 14.8. The molecule has 0 atom stereocenters. The van der Waals surface area contributed by atoms with Crippen LogP contribution in [0.3, 0.4) is 0 Å². The Hall–Kier alpha value is -1.65. The molecule has 1 aromatic rings. The highest BCUT2D eigenvalue weighted by Gasteiger charge is 2.11. The number of nitrogens with zero attached hydrogens (tertiary/aromatic N) is 1. The summed E-state index contributed by atoms with van der Waals surface area (Å²) in [6.45, 7) is 7.96. The molecule has 0 bridgehead atoms. The fourth-order valence-electron chi connectivity index (χ4n) is 2.39. The van der Waals surface area contributed by atoms with E-state index in [1.165, 1.54) is 31.5 Å². The van der Waals surface area contributed by atoms with Crippen LogP contribution in [0, 0.1) is 0 Å². The Kier molecular flexibility index (Phi) is 5.77. The average molecular weight is 273 g/mol. The number of hydrogen-bond acceptors (Lipinski definition) is 3. The first-order chi connectivity index (χ1) is 9.78. The van der Waals surface area contributed by atoms with Crippen molar-refractivity contribution in [2.45, 2.75) is 19.4 Å². The molecule has 0 aromatic heterocycles. The maximum Gasteiger partial charge on any atom is 0.238 e. The normalized spacial score (nSPS) is 15.2. The van der Waals surface area contributed by atoms with Crippen molar-refractivity contribution in [3.8, 4) is 0 Å². The first-order valence-corrected chi connectivity index (χ1v) is 7.20. The number of likely N-dealkylation sites (tertiary alicyclic amines) is 1. The lowest BCUT2D eigenvalue weighted by Crippen LogP contribution is -2.28. The molecular formula is C16H23N3O. The summed E-state index contributed by atoms with van der Waals surface area (Å²) in [5.41, 5.74) is 2.15. The summed E-state index contributed by atoms with van der Waals surface area (Å²) >= 11 is 0. The van der Waals surface area contributed by atoms with E-state index in [0.717, 1.165) is 12.2 Å². The third kappa shape index (κ3) is 4.79. The Labute approximate surface area is 120 Å². The molecule has 0 saturated carbocycles. The molecule has 1 aromatic carbocycles. The van der Waals surface area contributed by atoms with E-state index in [0.29, 0.717) is 13.1 Å². The van der Waals surface area contributed by atoms with Gasteiger partial charge in [-0.05, 0) is 43.6 Å². The van der Waals surface area contributed by atoms with Crippen molar-refractivity contribution in [3.05, 3.63) is 42.5 Å². The Morgan fingerprint density at radius 2 is 1.95 bits per heavy atom. The van der Waals surface area contributed by atoms with Crippen LogP contribution in [0.5, 0.6) is 0 Å². The van der Waals surface area contributed by atoms with E-state index in [4.69, 9.17) is 0 Å². The summed E-state index contributed by atoms with van der Waals surface area (Å²) in [4.78, 5) is 14.1. The lowest BCUT2D eigenvalue weighted by molar-refractivity contribution is -0.115. The molecule has 0 radical (unpaired) electrons. The highest BCUT2D eigenvalue weighted by atomic mass is 16.1. The van der Waals surface area contributed by atoms with Crippen LogP contribution >= 0.6 is 0 Å². The van der Waals surface area contributed by atoms with Crippen molar-refractivity contribution < 1.29 is 4.79 Å². The van der Waals surface area contributed by atoms with Gasteiger partial charge in [0.05, 0.1) is 6.54 Å². The van der Waals surface area contributed by atoms with Crippen LogP contribution in [0.25, 0.3) is 0 Å². The van der Waals surface area contributed by atoms with E-state index in [9.17, 15) is 4.79 Å². The van der Waals surface area contributed by atoms with Gasteiger partial charge < -0.3 is 10.6 Å². The van der Waals surface area contributed by atoms with Gasteiger partial charge in [0.2, 0.25) is 5.91 Å². The summed E-state index contributed by atoms with van der Waals surface area (Å²) in [5, 5.41) is 5.85. The SMILES string of the molecule is C=CCNCC(=O)Nc1ccc(CN2CCCC2)cc1. The first-order valence-electron chi connectivity index (χ1n) is 7.20. The van der Waals surface area contributed by atoms with E-state index in [1.807, 2.05) is 12.1 Å². The van der Waals surface area contributed by atoms with Crippen LogP contribution < -0.4 is 10.6 Å². The van der Waals surface area contributed by atoms with Crippen molar-refractivity contribution >= 4 is 11.6 Å². The van der Waals surface area contributed by atoms with Crippen LogP contribution in [0.15, 0.2) is 36.9 Å². The number of rotatable bonds is 7. The van der Waals surface area contributed by atoms with E-state index < -0.39 is 0 Å². The van der Waals surface area contributed by atoms with Gasteiger partial charge in [0, 0.05) is 18.8 Å². The van der Waals surface area contributed by atoms with Gasteiger partial charge in [-0.25, -0.2) is 0 Å². The van der Waals surface area contributed by atoms with Gasteiger partial charge in [-0.3, -0.25) is 9.69 Å². The van der Waals surface area contributed by atoms with Gasteiger partial charge >= 0.3 is 0 Å². The Morgan fingerprint density at radius 3 is 2.60 bits per heavy atom. The molecule has 20 heavy (non-hydrogen) atoms. The van der Waals surface area contributed by atoms with Gasteiger partial charge in [-0.1, -0.05) is 18.2 Å². The molecule has 108 valence electrons. The minimum absolute atomic E-state index is 0.0286. The summed E-state index contributed by atoms with van der Waals surface area (Å²) < 4.78 is 0. The summed E-state index contributed by atoms with van der Waals surface area (Å²) in [6, 6.07) is 8.11. The molecule has 0 aliphatic carbocycles. The van der Waals surface area contributed by atoms with Gasteiger partial charge in [0.25, 0.3) is 0 Å². The van der Waals surface area contributed by atoms with Crippen molar-refractivity contribution in [1.29, 1.82) is 0 Å². The molecule has 4 heteroatoms. The second kappa shape index (κ2) is 7.82. The number of benzene rings is 1. The number of anilines is 1. The maximum atomic E-state index is 11.6. The quantitative estimate of drug-likeness (QED) is 0.590. The van der Waals surface area contributed by atoms with Crippen molar-refractivity contribution in [1.82, 2.24) is 10.2 Å². The highest BCUT2D eigenvalue weighted by molar-refractivity contribution is 5.92. The molecule has 1 fully saturated rings. The number of carbonyl (C=O) groups excluding carboxylic acids is 1. The molecule has 1 heterocycles. The van der Waals surface area contributed by atoms with Gasteiger partial charge in [-0.2, -0.15) is 0 Å². The van der Waals surface area contributed by atoms with E-state index in [1.54, 1.807) is 6.08 Å². The number of carbonyl (C=O) groups is 1. The zero-order chi connectivity index (χ0) is 14.2. The zero-order valence-corrected chi connectivity index (χ0v) is 11.9. The topological polar surface area (TPSA) is 44.4 Å². The van der Waals surface area contributed by atoms with Gasteiger partial charge in [0.15, 0.2) is 0 Å². The zero-order valence-electron chi connectivity index (χ0n) is 11.9. The lowest BCUT2D eigenvalue weighted by Gasteiger charge is -2.14. The molecule has 1 amide bonds. The molecule has 0 unspecified atom stereocenters. The van der Waals surface area contributed by atoms with Crippen LogP contribution in [-0.2, 0) is 11.3 Å². The van der Waals surface area contributed by atoms with Crippen LogP contribution in [0.1, 0.15) is 18.4 Å². The predicted molar refractivity (Wildman–Crippen MR) is 82.6 cm³/mol. The predicted octanol–water partition coefficient (Wildman–Crippen LogP) is 2.00. The second-order valence-corrected chi connectivity index (χ2v) is 5.15. The molecular weight excluding hydrogens is 250 g/mol. The van der Waals surface area contributed by atoms with E-state index in [2.05, 4.69) is 34.2 Å². The Balaban J connectivity index is 1.78. The molecule has 0 spiro atoms. The molecule has 1 aliphatic heterocycles. The van der Waals surface area contributed by atoms with E-state index >= 15 is 0 Å². The standard InChI is InChI=1S/C16H23N3O/c1-2-9-17-12-16(20)18-15-7-5-14(6-8-15)13-19-10-3-4-11-19/h2,5-8,17H,1,3-4,9-13H2,(H,18,20). The fourth-order valence-corrected chi connectivity index (χ4v) is 2.39. The lowest BCUT2D eigenvalue weighted by atomic mass is 10.2. The smallest absolute Gasteiger partial charge is 0.238 e. The third-order valence-corrected chi connectivity index (χ3v) is 3.42. The number of amides is 1. The number of hydrogen-bond donors (Lipinski definition) is 2. The molecule has 1 aliphatic rings. The number of nitrogens with one attached hydrogen (secondary N) is 2. The summed E-state index contributed by atoms with van der Waals surface area (Å²) in [5.74, 6) is -0.0286. The van der Waals surface area contributed by atoms with Crippen LogP contribution in [0.2, 0.25) is 0 Å². The van der Waals surface area contributed by atoms with E-state index in [-0.39, 0.29) is 5.91 Å². The van der Waals surface area contributed by atoms with Crippen LogP contribution in [-0.4, -0.2) is 37.0 Å². The van der Waals surface area contributed by atoms with Crippen molar-refractivity contribution in [3.63, 3.8) is 0 Å². The minimum atomic E-state index is -0.0286. The van der Waals surface area contributed by atoms with Gasteiger partial charge in [0.1, 0.15) is 0 Å². The second-order valence-electron chi connectivity index (χ2n) is 5.15. The molecule has 1 saturated heterocycles. The van der Waals surface area contributed by atoms with Crippen LogP contribution in [0.4, 0.5) is 5.69 Å². The summed E-state index contributed by atoms with van der Waals surface area (Å²) in [7, 11) is 0. The van der Waals surface area contributed by atoms with Gasteiger partial charge in [-0.15, -0.1) is 6.58 Å². The highest BCUT2D eigenvalue weighted by Crippen LogP contribution is 2.15. The largest absolute Gasteiger partial charge is 0.325 e. The van der Waals surface area contributed by atoms with Crippen molar-refractivity contribution in [2.24, 2.45) is 0 Å². The monoisotopic (exact) mass is 273 g/mol. The molecule has 4 nitrogen and oxygen atoms in total.